The lowest BCUT2D eigenvalue weighted by Gasteiger charge is -2.41. The van der Waals surface area contributed by atoms with Gasteiger partial charge in [0.15, 0.2) is 0 Å². The van der Waals surface area contributed by atoms with Gasteiger partial charge < -0.3 is 19.7 Å². The zero-order valence-electron chi connectivity index (χ0n) is 15.7. The lowest BCUT2D eigenvalue weighted by molar-refractivity contribution is -0.125. The normalized spacial score (nSPS) is 23.2. The van der Waals surface area contributed by atoms with E-state index in [1.54, 1.807) is 0 Å². The molecule has 142 valence electrons. The molecule has 0 radical (unpaired) electrons. The number of hydrogen-bond acceptors (Lipinski definition) is 4. The Hall–Kier alpha value is -2.21. The molecule has 0 aromatic heterocycles. The Bertz CT molecular complexity index is 813. The summed E-state index contributed by atoms with van der Waals surface area (Å²) in [4.78, 5) is 15.1. The molecular formula is C22H26N2O3. The van der Waals surface area contributed by atoms with Crippen LogP contribution in [0.1, 0.15) is 15.9 Å². The molecule has 4 rings (SSSR count). The number of rotatable bonds is 2. The van der Waals surface area contributed by atoms with Crippen molar-refractivity contribution in [1.82, 2.24) is 10.2 Å². The summed E-state index contributed by atoms with van der Waals surface area (Å²) in [6.07, 6.45) is 0. The number of nitrogens with one attached hydrogen (secondary N) is 1. The maximum absolute atomic E-state index is 13.2. The topological polar surface area (TPSA) is 50.8 Å². The van der Waals surface area contributed by atoms with E-state index in [2.05, 4.69) is 30.4 Å². The molecule has 0 saturated carbocycles. The molecular weight excluding hydrogens is 340 g/mol. The summed E-state index contributed by atoms with van der Waals surface area (Å²) in [6, 6.07) is 16.2. The fraction of sp³-hybridized carbons (Fsp3) is 0.409. The molecule has 5 heteroatoms. The highest BCUT2D eigenvalue weighted by Crippen LogP contribution is 2.26. The van der Waals surface area contributed by atoms with Crippen molar-refractivity contribution >= 4 is 5.91 Å². The third-order valence-corrected chi connectivity index (χ3v) is 5.34. The molecule has 27 heavy (non-hydrogen) atoms. The Morgan fingerprint density at radius 1 is 1.15 bits per heavy atom. The SMILES string of the molecule is Cc1ccccc1-c1cccc(C(=O)N2CCO[C@@]3(CNCCOC3)C2)c1. The van der Waals surface area contributed by atoms with E-state index in [0.717, 1.165) is 23.2 Å². The molecule has 1 amide bonds. The van der Waals surface area contributed by atoms with E-state index in [9.17, 15) is 4.79 Å². The minimum Gasteiger partial charge on any atom is -0.377 e. The van der Waals surface area contributed by atoms with Crippen molar-refractivity contribution in [1.29, 1.82) is 0 Å². The second-order valence-electron chi connectivity index (χ2n) is 7.38. The third-order valence-electron chi connectivity index (χ3n) is 5.34. The predicted molar refractivity (Wildman–Crippen MR) is 105 cm³/mol. The van der Waals surface area contributed by atoms with Crippen molar-refractivity contribution in [2.75, 3.05) is 46.0 Å². The summed E-state index contributed by atoms with van der Waals surface area (Å²) in [5.74, 6) is 0.0531. The number of benzene rings is 2. The van der Waals surface area contributed by atoms with Crippen LogP contribution < -0.4 is 5.32 Å². The molecule has 2 fully saturated rings. The molecule has 2 aliphatic heterocycles. The van der Waals surface area contributed by atoms with Gasteiger partial charge in [-0.05, 0) is 35.7 Å². The van der Waals surface area contributed by atoms with Crippen molar-refractivity contribution in [3.05, 3.63) is 59.7 Å². The average molecular weight is 366 g/mol. The highest BCUT2D eigenvalue weighted by atomic mass is 16.5. The Balaban J connectivity index is 1.56. The van der Waals surface area contributed by atoms with E-state index >= 15 is 0 Å². The minimum atomic E-state index is -0.446. The Labute approximate surface area is 160 Å². The summed E-state index contributed by atoms with van der Waals surface area (Å²) < 4.78 is 11.7. The third kappa shape index (κ3) is 3.90. The van der Waals surface area contributed by atoms with Gasteiger partial charge in [0.05, 0.1) is 26.4 Å². The fourth-order valence-electron chi connectivity index (χ4n) is 3.88. The maximum atomic E-state index is 13.2. The average Bonchev–Trinajstić information content (AvgIpc) is 2.93. The van der Waals surface area contributed by atoms with Gasteiger partial charge in [-0.15, -0.1) is 0 Å². The van der Waals surface area contributed by atoms with Crippen LogP contribution in [0.2, 0.25) is 0 Å². The molecule has 1 spiro atoms. The number of nitrogens with zero attached hydrogens (tertiary/aromatic N) is 1. The van der Waals surface area contributed by atoms with Crippen LogP contribution in [0.3, 0.4) is 0 Å². The van der Waals surface area contributed by atoms with Crippen LogP contribution in [0, 0.1) is 6.92 Å². The number of carbonyl (C=O) groups is 1. The highest BCUT2D eigenvalue weighted by Gasteiger charge is 2.39. The number of hydrogen-bond donors (Lipinski definition) is 1. The molecule has 2 aliphatic rings. The summed E-state index contributed by atoms with van der Waals surface area (Å²) in [6.45, 7) is 6.51. The molecule has 0 bridgehead atoms. The zero-order chi connectivity index (χ0) is 18.7. The van der Waals surface area contributed by atoms with Crippen molar-refractivity contribution in [2.24, 2.45) is 0 Å². The van der Waals surface area contributed by atoms with Crippen molar-refractivity contribution in [3.63, 3.8) is 0 Å². The van der Waals surface area contributed by atoms with E-state index in [4.69, 9.17) is 9.47 Å². The summed E-state index contributed by atoms with van der Waals surface area (Å²) in [5, 5.41) is 3.36. The van der Waals surface area contributed by atoms with Crippen LogP contribution in [-0.4, -0.2) is 62.4 Å². The largest absolute Gasteiger partial charge is 0.377 e. The molecule has 1 atom stereocenters. The first kappa shape index (κ1) is 18.2. The van der Waals surface area contributed by atoms with Gasteiger partial charge >= 0.3 is 0 Å². The van der Waals surface area contributed by atoms with Gasteiger partial charge in [-0.3, -0.25) is 4.79 Å². The van der Waals surface area contributed by atoms with E-state index in [0.29, 0.717) is 39.5 Å². The summed E-state index contributed by atoms with van der Waals surface area (Å²) >= 11 is 0. The smallest absolute Gasteiger partial charge is 0.254 e. The lowest BCUT2D eigenvalue weighted by Crippen LogP contribution is -2.59. The van der Waals surface area contributed by atoms with Crippen LogP contribution >= 0.6 is 0 Å². The highest BCUT2D eigenvalue weighted by molar-refractivity contribution is 5.95. The molecule has 0 aliphatic carbocycles. The molecule has 2 aromatic carbocycles. The van der Waals surface area contributed by atoms with Crippen molar-refractivity contribution in [3.8, 4) is 11.1 Å². The number of morpholine rings is 1. The molecule has 1 N–H and O–H groups in total. The minimum absolute atomic E-state index is 0.0531. The van der Waals surface area contributed by atoms with Crippen LogP contribution in [0.25, 0.3) is 11.1 Å². The zero-order valence-corrected chi connectivity index (χ0v) is 15.7. The second-order valence-corrected chi connectivity index (χ2v) is 7.38. The second kappa shape index (κ2) is 7.80. The van der Waals surface area contributed by atoms with Gasteiger partial charge in [0.2, 0.25) is 0 Å². The maximum Gasteiger partial charge on any atom is 0.254 e. The monoisotopic (exact) mass is 366 g/mol. The van der Waals surface area contributed by atoms with Crippen LogP contribution in [0.4, 0.5) is 0 Å². The van der Waals surface area contributed by atoms with E-state index < -0.39 is 5.60 Å². The fourth-order valence-corrected chi connectivity index (χ4v) is 3.88. The van der Waals surface area contributed by atoms with Gasteiger partial charge in [-0.1, -0.05) is 36.4 Å². The van der Waals surface area contributed by atoms with Gasteiger partial charge in [0.25, 0.3) is 5.91 Å². The summed E-state index contributed by atoms with van der Waals surface area (Å²) in [5.41, 5.74) is 3.70. The number of ether oxygens (including phenoxy) is 2. The van der Waals surface area contributed by atoms with Gasteiger partial charge in [0, 0.05) is 25.2 Å². The molecule has 2 aromatic rings. The predicted octanol–water partition coefficient (Wildman–Crippen LogP) is 2.49. The molecule has 5 nitrogen and oxygen atoms in total. The van der Waals surface area contributed by atoms with E-state index in [1.807, 2.05) is 35.2 Å². The van der Waals surface area contributed by atoms with Gasteiger partial charge in [-0.25, -0.2) is 0 Å². The van der Waals surface area contributed by atoms with Crippen LogP contribution in [0.5, 0.6) is 0 Å². The van der Waals surface area contributed by atoms with Crippen molar-refractivity contribution < 1.29 is 14.3 Å². The standard InChI is InChI=1S/C22H26N2O3/c1-17-5-2-3-8-20(17)18-6-4-7-19(13-18)21(25)24-10-12-27-22(15-24)14-23-9-11-26-16-22/h2-8,13,23H,9-12,14-16H2,1H3/t22-/m0/s1. The Morgan fingerprint density at radius 2 is 2.04 bits per heavy atom. The van der Waals surface area contributed by atoms with Crippen LogP contribution in [0.15, 0.2) is 48.5 Å². The number of carbonyl (C=O) groups excluding carboxylic acids is 1. The molecule has 0 unspecified atom stereocenters. The number of aryl methyl sites for hydroxylation is 1. The lowest BCUT2D eigenvalue weighted by atomic mass is 9.98. The molecule has 2 saturated heterocycles. The van der Waals surface area contributed by atoms with E-state index in [1.165, 1.54) is 5.56 Å². The van der Waals surface area contributed by atoms with Crippen LogP contribution in [-0.2, 0) is 9.47 Å². The first-order valence-corrected chi connectivity index (χ1v) is 9.55. The molecule has 2 heterocycles. The first-order chi connectivity index (χ1) is 13.2. The van der Waals surface area contributed by atoms with Gasteiger partial charge in [-0.2, -0.15) is 0 Å². The number of amides is 1. The quantitative estimate of drug-likeness (QED) is 0.887. The Morgan fingerprint density at radius 3 is 2.93 bits per heavy atom. The van der Waals surface area contributed by atoms with E-state index in [-0.39, 0.29) is 5.91 Å². The Kier molecular flexibility index (Phi) is 5.25. The first-order valence-electron chi connectivity index (χ1n) is 9.55. The summed E-state index contributed by atoms with van der Waals surface area (Å²) in [7, 11) is 0. The van der Waals surface area contributed by atoms with Crippen molar-refractivity contribution in [2.45, 2.75) is 12.5 Å². The van der Waals surface area contributed by atoms with Gasteiger partial charge in [0.1, 0.15) is 5.60 Å².